The fraction of sp³-hybridized carbons (Fsp3) is 0.857. The zero-order valence-electron chi connectivity index (χ0n) is 12.8. The molecule has 0 saturated carbocycles. The van der Waals surface area contributed by atoms with Crippen LogP contribution in [0.4, 0.5) is 0 Å². The highest BCUT2D eigenvalue weighted by molar-refractivity contribution is 5.02. The summed E-state index contributed by atoms with van der Waals surface area (Å²) in [5.41, 5.74) is -0.282. The van der Waals surface area contributed by atoms with Crippen molar-refractivity contribution in [2.75, 3.05) is 0 Å². The van der Waals surface area contributed by atoms with Crippen LogP contribution in [0.15, 0.2) is 4.52 Å². The van der Waals surface area contributed by atoms with Gasteiger partial charge in [-0.25, -0.2) is 0 Å². The molecule has 0 spiro atoms. The van der Waals surface area contributed by atoms with Gasteiger partial charge in [0, 0.05) is 12.5 Å². The highest BCUT2D eigenvalue weighted by Crippen LogP contribution is 2.38. The molecule has 0 aromatic carbocycles. The van der Waals surface area contributed by atoms with E-state index in [4.69, 9.17) is 9.26 Å². The van der Waals surface area contributed by atoms with E-state index >= 15 is 0 Å². The van der Waals surface area contributed by atoms with Crippen LogP contribution in [-0.2, 0) is 11.2 Å². The third-order valence-corrected chi connectivity index (χ3v) is 3.70. The van der Waals surface area contributed by atoms with E-state index in [1.807, 2.05) is 13.8 Å². The number of aromatic nitrogens is 2. The number of aryl methyl sites for hydroxylation is 1. The summed E-state index contributed by atoms with van der Waals surface area (Å²) in [4.78, 5) is 4.37. The van der Waals surface area contributed by atoms with Gasteiger partial charge in [-0.1, -0.05) is 12.1 Å². The second kappa shape index (κ2) is 4.87. The van der Waals surface area contributed by atoms with Crippen molar-refractivity contribution in [3.8, 4) is 0 Å². The molecule has 0 radical (unpaired) electrons. The molecule has 1 aliphatic heterocycles. The second-order valence-corrected chi connectivity index (χ2v) is 6.51. The van der Waals surface area contributed by atoms with Gasteiger partial charge in [0.25, 0.3) is 0 Å². The predicted octanol–water partition coefficient (Wildman–Crippen LogP) is 2.63. The van der Waals surface area contributed by atoms with Gasteiger partial charge in [0.1, 0.15) is 0 Å². The lowest BCUT2D eigenvalue weighted by atomic mass is 9.94. The molecule has 0 bridgehead atoms. The molecule has 1 saturated heterocycles. The molecule has 0 aliphatic carbocycles. The second-order valence-electron chi connectivity index (χ2n) is 6.51. The van der Waals surface area contributed by atoms with Gasteiger partial charge in [-0.05, 0) is 41.0 Å². The first-order valence-electron chi connectivity index (χ1n) is 7.02. The number of nitrogens with zero attached hydrogens (tertiary/aromatic N) is 2. The smallest absolute Gasteiger partial charge is 0.243 e. The highest BCUT2D eigenvalue weighted by Gasteiger charge is 2.46. The third kappa shape index (κ3) is 3.15. The molecule has 5 nitrogen and oxygen atoms in total. The van der Waals surface area contributed by atoms with E-state index in [1.54, 1.807) is 0 Å². The number of rotatable bonds is 4. The zero-order chi connectivity index (χ0) is 14.3. The minimum atomic E-state index is -0.189. The molecule has 1 aromatic heterocycles. The van der Waals surface area contributed by atoms with Crippen molar-refractivity contribution < 1.29 is 9.26 Å². The molecule has 0 unspecified atom stereocenters. The van der Waals surface area contributed by atoms with E-state index < -0.39 is 0 Å². The molecular formula is C14H25N3O2. The van der Waals surface area contributed by atoms with Crippen molar-refractivity contribution >= 4 is 0 Å². The lowest BCUT2D eigenvalue weighted by Crippen LogP contribution is -2.44. The minimum absolute atomic E-state index is 0.0366. The quantitative estimate of drug-likeness (QED) is 0.908. The Bertz CT molecular complexity index is 440. The monoisotopic (exact) mass is 267 g/mol. The lowest BCUT2D eigenvalue weighted by molar-refractivity contribution is -0.0705. The molecule has 1 aromatic rings. The van der Waals surface area contributed by atoms with Crippen LogP contribution in [0.1, 0.15) is 65.7 Å². The maximum atomic E-state index is 6.08. The summed E-state index contributed by atoms with van der Waals surface area (Å²) < 4.78 is 11.4. The summed E-state index contributed by atoms with van der Waals surface area (Å²) >= 11 is 0. The molecule has 0 amide bonds. The Morgan fingerprint density at radius 3 is 2.53 bits per heavy atom. The number of hydrogen-bond acceptors (Lipinski definition) is 5. The number of hydrogen-bond donors (Lipinski definition) is 1. The number of nitrogens with one attached hydrogen (secondary N) is 1. The average molecular weight is 267 g/mol. The molecule has 19 heavy (non-hydrogen) atoms. The van der Waals surface area contributed by atoms with Crippen LogP contribution in [-0.4, -0.2) is 27.4 Å². The van der Waals surface area contributed by atoms with Gasteiger partial charge in [-0.2, -0.15) is 4.98 Å². The van der Waals surface area contributed by atoms with Crippen LogP contribution in [0.25, 0.3) is 0 Å². The van der Waals surface area contributed by atoms with Gasteiger partial charge in [0.05, 0.1) is 17.2 Å². The summed E-state index contributed by atoms with van der Waals surface area (Å²) in [5, 5.41) is 7.50. The summed E-state index contributed by atoms with van der Waals surface area (Å²) in [5.74, 6) is 1.41. The largest absolute Gasteiger partial charge is 0.368 e. The molecule has 1 fully saturated rings. The van der Waals surface area contributed by atoms with Crippen LogP contribution in [0.2, 0.25) is 0 Å². The topological polar surface area (TPSA) is 60.2 Å². The molecule has 5 heteroatoms. The summed E-state index contributed by atoms with van der Waals surface area (Å²) in [6.45, 7) is 12.6. The van der Waals surface area contributed by atoms with Crippen LogP contribution >= 0.6 is 0 Å². The zero-order valence-corrected chi connectivity index (χ0v) is 12.8. The maximum Gasteiger partial charge on any atom is 0.243 e. The minimum Gasteiger partial charge on any atom is -0.368 e. The van der Waals surface area contributed by atoms with Gasteiger partial charge in [-0.3, -0.25) is 0 Å². The summed E-state index contributed by atoms with van der Waals surface area (Å²) in [6.07, 6.45) is 1.76. The standard InChI is InChI=1S/C14H25N3O2/c1-7-11-16-12(18-17-11)9(2)15-10-8-13(3,4)19-14(10,5)6/h9-10,15H,7-8H2,1-6H3/t9-,10-/m1/s1. The molecule has 2 heterocycles. The Morgan fingerprint density at radius 2 is 2.05 bits per heavy atom. The van der Waals surface area contributed by atoms with E-state index in [2.05, 4.69) is 43.2 Å². The van der Waals surface area contributed by atoms with E-state index in [9.17, 15) is 0 Å². The van der Waals surface area contributed by atoms with Crippen molar-refractivity contribution in [2.45, 2.75) is 77.7 Å². The molecule has 1 N–H and O–H groups in total. The first-order chi connectivity index (χ1) is 8.73. The van der Waals surface area contributed by atoms with E-state index in [1.165, 1.54) is 0 Å². The Kier molecular flexibility index (Phi) is 3.71. The van der Waals surface area contributed by atoms with Crippen LogP contribution in [0, 0.1) is 0 Å². The van der Waals surface area contributed by atoms with E-state index in [-0.39, 0.29) is 23.3 Å². The van der Waals surface area contributed by atoms with Gasteiger partial charge >= 0.3 is 0 Å². The van der Waals surface area contributed by atoms with Crippen molar-refractivity contribution in [1.82, 2.24) is 15.5 Å². The van der Waals surface area contributed by atoms with Crippen LogP contribution in [0.3, 0.4) is 0 Å². The number of ether oxygens (including phenoxy) is 1. The van der Waals surface area contributed by atoms with Gasteiger partial charge in [0.2, 0.25) is 5.89 Å². The third-order valence-electron chi connectivity index (χ3n) is 3.70. The summed E-state index contributed by atoms with van der Waals surface area (Å²) in [7, 11) is 0. The average Bonchev–Trinajstić information content (AvgIpc) is 2.81. The van der Waals surface area contributed by atoms with E-state index in [0.717, 1.165) is 18.7 Å². The Balaban J connectivity index is 2.04. The SMILES string of the molecule is CCc1noc([C@@H](C)N[C@@H]2CC(C)(C)OC2(C)C)n1. The fourth-order valence-electron chi connectivity index (χ4n) is 2.78. The van der Waals surface area contributed by atoms with E-state index in [0.29, 0.717) is 5.89 Å². The van der Waals surface area contributed by atoms with Crippen LogP contribution < -0.4 is 5.32 Å². The molecule has 108 valence electrons. The predicted molar refractivity (Wildman–Crippen MR) is 72.9 cm³/mol. The first-order valence-corrected chi connectivity index (χ1v) is 7.02. The normalized spacial score (nSPS) is 26.5. The maximum absolute atomic E-state index is 6.08. The fourth-order valence-corrected chi connectivity index (χ4v) is 2.78. The van der Waals surface area contributed by atoms with Gasteiger partial charge in [0.15, 0.2) is 5.82 Å². The lowest BCUT2D eigenvalue weighted by Gasteiger charge is -2.29. The first kappa shape index (κ1) is 14.5. The molecule has 2 rings (SSSR count). The highest BCUT2D eigenvalue weighted by atomic mass is 16.5. The van der Waals surface area contributed by atoms with Crippen LogP contribution in [0.5, 0.6) is 0 Å². The van der Waals surface area contributed by atoms with Gasteiger partial charge < -0.3 is 14.6 Å². The van der Waals surface area contributed by atoms with Crippen molar-refractivity contribution in [3.63, 3.8) is 0 Å². The Morgan fingerprint density at radius 1 is 1.37 bits per heavy atom. The van der Waals surface area contributed by atoms with Gasteiger partial charge in [-0.15, -0.1) is 0 Å². The Labute approximate surface area is 115 Å². The molecule has 2 atom stereocenters. The van der Waals surface area contributed by atoms with Crippen molar-refractivity contribution in [3.05, 3.63) is 11.7 Å². The summed E-state index contributed by atoms with van der Waals surface area (Å²) in [6, 6.07) is 0.309. The van der Waals surface area contributed by atoms with Crippen molar-refractivity contribution in [1.29, 1.82) is 0 Å². The molecular weight excluding hydrogens is 242 g/mol. The van der Waals surface area contributed by atoms with Crippen molar-refractivity contribution in [2.24, 2.45) is 0 Å². The Hall–Kier alpha value is -0.940. The molecule has 1 aliphatic rings.